The van der Waals surface area contributed by atoms with Crippen LogP contribution < -0.4 is 16.6 Å². The molecule has 5 aliphatic rings. The number of rotatable bonds is 10. The fourth-order valence-electron chi connectivity index (χ4n) is 6.83. The summed E-state index contributed by atoms with van der Waals surface area (Å²) in [6, 6.07) is -0.695. The first kappa shape index (κ1) is 26.6. The molecule has 4 saturated carbocycles. The molecule has 0 radical (unpaired) electrons. The molecule has 6 atom stereocenters. The normalized spacial score (nSPS) is 35.3. The van der Waals surface area contributed by atoms with Gasteiger partial charge in [0, 0.05) is 35.1 Å². The van der Waals surface area contributed by atoms with E-state index in [9.17, 15) is 19.3 Å². The zero-order chi connectivity index (χ0) is 26.4. The summed E-state index contributed by atoms with van der Waals surface area (Å²) >= 11 is 5.09. The Bertz CT molecular complexity index is 1260. The summed E-state index contributed by atoms with van der Waals surface area (Å²) in [5.41, 5.74) is 7.85. The van der Waals surface area contributed by atoms with Gasteiger partial charge in [0.1, 0.15) is 6.23 Å². The fourth-order valence-corrected chi connectivity index (χ4v) is 7.97. The summed E-state index contributed by atoms with van der Waals surface area (Å²) in [4.78, 5) is 52.3. The van der Waals surface area contributed by atoms with Gasteiger partial charge in [-0.25, -0.2) is 4.79 Å². The highest BCUT2D eigenvalue weighted by Crippen LogP contribution is 2.64. The van der Waals surface area contributed by atoms with E-state index >= 15 is 0 Å². The van der Waals surface area contributed by atoms with Crippen LogP contribution in [0.4, 0.5) is 0 Å². The lowest BCUT2D eigenvalue weighted by atomic mass is 9.69. The number of nitrogens with one attached hydrogen (secondary N) is 2. The van der Waals surface area contributed by atoms with Gasteiger partial charge in [-0.1, -0.05) is 5.11 Å². The molecule has 0 aromatic carbocycles. The molecule has 37 heavy (non-hydrogen) atoms. The molecule has 6 rings (SSSR count). The molecule has 1 saturated heterocycles. The largest absolute Gasteiger partial charge is 0.353 e. The van der Waals surface area contributed by atoms with Gasteiger partial charge >= 0.3 is 12.4 Å². The second-order valence-corrected chi connectivity index (χ2v) is 13.6. The van der Waals surface area contributed by atoms with Crippen molar-refractivity contribution >= 4 is 24.4 Å². The maximum Gasteiger partial charge on any atom is 0.330 e. The zero-order valence-corrected chi connectivity index (χ0v) is 22.2. The van der Waals surface area contributed by atoms with Gasteiger partial charge in [-0.05, 0) is 74.1 Å². The Morgan fingerprint density at radius 2 is 2.08 bits per heavy atom. The van der Waals surface area contributed by atoms with E-state index in [0.717, 1.165) is 19.3 Å². The van der Waals surface area contributed by atoms with E-state index in [1.54, 1.807) is 6.92 Å². The van der Waals surface area contributed by atoms with Crippen molar-refractivity contribution in [3.63, 3.8) is 0 Å². The Kier molecular flexibility index (Phi) is 7.36. The summed E-state index contributed by atoms with van der Waals surface area (Å²) in [5, 5.41) is 6.66. The van der Waals surface area contributed by atoms with Crippen LogP contribution in [0.3, 0.4) is 0 Å². The van der Waals surface area contributed by atoms with Crippen LogP contribution in [0.5, 0.6) is 0 Å². The van der Waals surface area contributed by atoms with E-state index in [-0.39, 0.29) is 37.5 Å². The van der Waals surface area contributed by atoms with Gasteiger partial charge in [-0.15, -0.1) is 0 Å². The average Bonchev–Trinajstić information content (AvgIpc) is 3.45. The number of carbonyl (C=O) groups is 1. The Morgan fingerprint density at radius 3 is 2.76 bits per heavy atom. The van der Waals surface area contributed by atoms with Crippen molar-refractivity contribution in [1.29, 1.82) is 0 Å². The molecule has 1 aliphatic heterocycles. The number of aromatic nitrogens is 2. The predicted molar refractivity (Wildman–Crippen MR) is 135 cm³/mol. The quantitative estimate of drug-likeness (QED) is 0.129. The van der Waals surface area contributed by atoms with Crippen molar-refractivity contribution in [2.24, 2.45) is 28.3 Å². The van der Waals surface area contributed by atoms with Crippen LogP contribution in [-0.2, 0) is 30.4 Å². The molecular formula is C22H31N6O7PS. The summed E-state index contributed by atoms with van der Waals surface area (Å²) in [7, 11) is 0. The molecule has 4 aliphatic carbocycles. The molecule has 1 aromatic rings. The van der Waals surface area contributed by atoms with E-state index in [4.69, 9.17) is 31.1 Å². The van der Waals surface area contributed by atoms with E-state index in [1.807, 2.05) is 0 Å². The fraction of sp³-hybridized carbons (Fsp3) is 0.773. The van der Waals surface area contributed by atoms with Gasteiger partial charge in [0.25, 0.3) is 5.56 Å². The summed E-state index contributed by atoms with van der Waals surface area (Å²) in [6.07, 6.45) is 5.37. The Hall–Kier alpha value is -2.05. The van der Waals surface area contributed by atoms with Crippen molar-refractivity contribution in [3.8, 4) is 0 Å². The third-order valence-corrected chi connectivity index (χ3v) is 9.93. The number of aromatic amines is 1. The molecule has 15 heteroatoms. The van der Waals surface area contributed by atoms with Crippen LogP contribution in [0.15, 0.2) is 20.9 Å². The molecule has 1 amide bonds. The summed E-state index contributed by atoms with van der Waals surface area (Å²) in [5.74, 6) is 2.12. The first-order valence-electron chi connectivity index (χ1n) is 12.5. The van der Waals surface area contributed by atoms with Crippen LogP contribution in [-0.4, -0.2) is 52.3 Å². The molecule has 4 bridgehead atoms. The number of H-pyrrole nitrogens is 1. The number of nitrogens with zero attached hydrogens (tertiary/aromatic N) is 4. The van der Waals surface area contributed by atoms with E-state index in [2.05, 4.69) is 20.3 Å². The van der Waals surface area contributed by atoms with Crippen LogP contribution in [0.1, 0.15) is 50.3 Å². The monoisotopic (exact) mass is 554 g/mol. The van der Waals surface area contributed by atoms with Gasteiger partial charge in [-0.3, -0.25) is 19.1 Å². The molecule has 2 heterocycles. The summed E-state index contributed by atoms with van der Waals surface area (Å²) in [6.45, 7) is -2.14. The highest BCUT2D eigenvalue weighted by Gasteiger charge is 2.59. The van der Waals surface area contributed by atoms with E-state index in [0.29, 0.717) is 23.3 Å². The topological polar surface area (TPSA) is 181 Å². The van der Waals surface area contributed by atoms with Crippen molar-refractivity contribution in [2.45, 2.75) is 63.8 Å². The highest BCUT2D eigenvalue weighted by molar-refractivity contribution is 8.07. The van der Waals surface area contributed by atoms with Crippen molar-refractivity contribution in [2.75, 3.05) is 19.8 Å². The maximum absolute atomic E-state index is 12.9. The number of azide groups is 1. The van der Waals surface area contributed by atoms with E-state index < -0.39 is 36.3 Å². The minimum Gasteiger partial charge on any atom is -0.353 e. The average molecular weight is 555 g/mol. The minimum atomic E-state index is -3.67. The molecule has 3 N–H and O–H groups in total. The predicted octanol–water partition coefficient (Wildman–Crippen LogP) is 2.00. The lowest BCUT2D eigenvalue weighted by Crippen LogP contribution is -2.44. The van der Waals surface area contributed by atoms with Crippen LogP contribution >= 0.6 is 6.72 Å². The SMILES string of the molecule is Cc1cn(C2CC(N=[N+]=[N-])[C@@H](COP(O)(=S)OCCNC(=O)C34CC5CC(C3)C(C5)C4)O2)c(=O)[nH]c1=O. The third-order valence-electron chi connectivity index (χ3n) is 8.31. The number of ether oxygens (including phenoxy) is 1. The van der Waals surface area contributed by atoms with Gasteiger partial charge in [0.15, 0.2) is 0 Å². The third kappa shape index (κ3) is 5.42. The number of hydrogen-bond acceptors (Lipinski definition) is 8. The number of hydrogen-bond donors (Lipinski definition) is 3. The first-order chi connectivity index (χ1) is 17.6. The minimum absolute atomic E-state index is 0.00808. The van der Waals surface area contributed by atoms with Gasteiger partial charge < -0.3 is 24.0 Å². The Labute approximate surface area is 217 Å². The Balaban J connectivity index is 1.10. The highest BCUT2D eigenvalue weighted by atomic mass is 32.5. The van der Waals surface area contributed by atoms with Crippen LogP contribution in [0.2, 0.25) is 0 Å². The lowest BCUT2D eigenvalue weighted by molar-refractivity contribution is -0.133. The van der Waals surface area contributed by atoms with Gasteiger partial charge in [0.2, 0.25) is 5.91 Å². The van der Waals surface area contributed by atoms with E-state index in [1.165, 1.54) is 23.6 Å². The van der Waals surface area contributed by atoms with Crippen molar-refractivity contribution in [1.82, 2.24) is 14.9 Å². The van der Waals surface area contributed by atoms with Gasteiger partial charge in [-0.2, -0.15) is 0 Å². The standard InChI is InChI=1S/C22H31N6O7PS/c1-12-10-28(21(31)25-19(12)29)18-6-16(26-27-23)17(35-18)11-34-36(32,37)33-3-2-24-20(30)22-7-13-4-14(8-22)15(5-13)9-22/h10,13-18H,2-9,11H2,1H3,(H,24,30)(H,32,37)(H,25,29,31)/t13?,14?,15?,16?,17-,18?,22?,36?/m1/s1. The molecule has 5 unspecified atom stereocenters. The smallest absolute Gasteiger partial charge is 0.330 e. The van der Waals surface area contributed by atoms with Crippen molar-refractivity contribution < 1.29 is 23.5 Å². The first-order valence-corrected chi connectivity index (χ1v) is 15.1. The van der Waals surface area contributed by atoms with Gasteiger partial charge in [0.05, 0.1) is 25.4 Å². The summed E-state index contributed by atoms with van der Waals surface area (Å²) < 4.78 is 17.9. The second-order valence-electron chi connectivity index (χ2n) is 10.7. The van der Waals surface area contributed by atoms with Crippen LogP contribution in [0, 0.1) is 30.1 Å². The van der Waals surface area contributed by atoms with Crippen LogP contribution in [0.25, 0.3) is 10.4 Å². The molecule has 13 nitrogen and oxygen atoms in total. The van der Waals surface area contributed by atoms with Crippen molar-refractivity contribution in [3.05, 3.63) is 43.0 Å². The second kappa shape index (κ2) is 10.3. The number of aryl methyl sites for hydroxylation is 1. The zero-order valence-electron chi connectivity index (χ0n) is 20.4. The Morgan fingerprint density at radius 1 is 1.35 bits per heavy atom. The molecular weight excluding hydrogens is 523 g/mol. The molecule has 202 valence electrons. The maximum atomic E-state index is 12.9. The molecule has 1 aromatic heterocycles. The number of carbonyl (C=O) groups excluding carboxylic acids is 1. The molecule has 0 spiro atoms. The lowest BCUT2D eigenvalue weighted by Gasteiger charge is -2.36. The molecule has 5 fully saturated rings. The number of amides is 1.